The van der Waals surface area contributed by atoms with Crippen LogP contribution in [0.1, 0.15) is 12.5 Å². The van der Waals surface area contributed by atoms with E-state index in [4.69, 9.17) is 0 Å². The monoisotopic (exact) mass is 269 g/mol. The second-order valence-corrected chi connectivity index (χ2v) is 5.24. The standard InChI is InChI=1S/C16H16FN3/c1-11-10-20(7-6-19-11)16-5-2-12(9-18)15-8-13(17)3-4-14(15)16/h2-5,8,11,19H,6-7,10H2,1H3/t11-/m1/s1. The zero-order valence-corrected chi connectivity index (χ0v) is 11.4. The van der Waals surface area contributed by atoms with Crippen molar-refractivity contribution in [2.75, 3.05) is 24.5 Å². The third kappa shape index (κ3) is 2.21. The summed E-state index contributed by atoms with van der Waals surface area (Å²) in [6, 6.07) is 11.0. The van der Waals surface area contributed by atoms with Crippen LogP contribution in [0.4, 0.5) is 10.1 Å². The van der Waals surface area contributed by atoms with Gasteiger partial charge in [0.15, 0.2) is 0 Å². The summed E-state index contributed by atoms with van der Waals surface area (Å²) in [4.78, 5) is 2.29. The van der Waals surface area contributed by atoms with Crippen molar-refractivity contribution >= 4 is 16.5 Å². The van der Waals surface area contributed by atoms with E-state index in [2.05, 4.69) is 23.2 Å². The van der Waals surface area contributed by atoms with E-state index in [9.17, 15) is 9.65 Å². The Kier molecular flexibility index (Phi) is 3.29. The number of anilines is 1. The van der Waals surface area contributed by atoms with Crippen molar-refractivity contribution < 1.29 is 4.39 Å². The predicted octanol–water partition coefficient (Wildman–Crippen LogP) is 2.65. The molecule has 20 heavy (non-hydrogen) atoms. The van der Waals surface area contributed by atoms with Crippen LogP contribution < -0.4 is 10.2 Å². The molecule has 1 aliphatic heterocycles. The van der Waals surface area contributed by atoms with Crippen molar-refractivity contribution in [1.29, 1.82) is 5.26 Å². The van der Waals surface area contributed by atoms with Crippen molar-refractivity contribution in [3.63, 3.8) is 0 Å². The average Bonchev–Trinajstić information content (AvgIpc) is 2.46. The Morgan fingerprint density at radius 3 is 2.90 bits per heavy atom. The number of nitrogens with one attached hydrogen (secondary N) is 1. The number of nitrogens with zero attached hydrogens (tertiary/aromatic N) is 2. The molecule has 0 unspecified atom stereocenters. The van der Waals surface area contributed by atoms with Crippen molar-refractivity contribution in [3.8, 4) is 6.07 Å². The van der Waals surface area contributed by atoms with Crippen LogP contribution in [0.15, 0.2) is 30.3 Å². The maximum Gasteiger partial charge on any atom is 0.123 e. The van der Waals surface area contributed by atoms with Gasteiger partial charge in [0.1, 0.15) is 5.82 Å². The van der Waals surface area contributed by atoms with Gasteiger partial charge < -0.3 is 10.2 Å². The molecule has 3 rings (SSSR count). The molecule has 0 spiro atoms. The van der Waals surface area contributed by atoms with Crippen molar-refractivity contribution in [3.05, 3.63) is 41.7 Å². The maximum atomic E-state index is 13.5. The molecule has 2 aromatic rings. The molecule has 0 amide bonds. The van der Waals surface area contributed by atoms with E-state index >= 15 is 0 Å². The lowest BCUT2D eigenvalue weighted by atomic mass is 10.0. The van der Waals surface area contributed by atoms with Gasteiger partial charge in [0.05, 0.1) is 11.6 Å². The third-order valence-corrected chi connectivity index (χ3v) is 3.79. The molecule has 0 bridgehead atoms. The van der Waals surface area contributed by atoms with Gasteiger partial charge >= 0.3 is 0 Å². The number of fused-ring (bicyclic) bond motifs is 1. The largest absolute Gasteiger partial charge is 0.368 e. The van der Waals surface area contributed by atoms with Crippen LogP contribution in [0, 0.1) is 17.1 Å². The van der Waals surface area contributed by atoms with Crippen molar-refractivity contribution in [2.24, 2.45) is 0 Å². The van der Waals surface area contributed by atoms with Gasteiger partial charge in [0.2, 0.25) is 0 Å². The van der Waals surface area contributed by atoms with Gasteiger partial charge in [-0.05, 0) is 37.3 Å². The number of hydrogen-bond donors (Lipinski definition) is 1. The highest BCUT2D eigenvalue weighted by Gasteiger charge is 2.18. The molecule has 4 heteroatoms. The predicted molar refractivity (Wildman–Crippen MR) is 78.3 cm³/mol. The van der Waals surface area contributed by atoms with E-state index in [1.54, 1.807) is 12.1 Å². The van der Waals surface area contributed by atoms with Crippen LogP contribution in [0.2, 0.25) is 0 Å². The smallest absolute Gasteiger partial charge is 0.123 e. The summed E-state index contributed by atoms with van der Waals surface area (Å²) in [5.74, 6) is -0.306. The summed E-state index contributed by atoms with van der Waals surface area (Å²) in [5, 5.41) is 14.2. The van der Waals surface area contributed by atoms with E-state index < -0.39 is 0 Å². The first kappa shape index (κ1) is 12.9. The molecule has 0 radical (unpaired) electrons. The van der Waals surface area contributed by atoms with Gasteiger partial charge in [-0.25, -0.2) is 4.39 Å². The summed E-state index contributed by atoms with van der Waals surface area (Å²) >= 11 is 0. The first-order valence-electron chi connectivity index (χ1n) is 6.80. The summed E-state index contributed by atoms with van der Waals surface area (Å²) < 4.78 is 13.5. The topological polar surface area (TPSA) is 39.1 Å². The molecular formula is C16H16FN3. The minimum absolute atomic E-state index is 0.306. The normalized spacial score (nSPS) is 19.1. The quantitative estimate of drug-likeness (QED) is 0.865. The zero-order valence-electron chi connectivity index (χ0n) is 11.4. The molecule has 102 valence electrons. The van der Waals surface area contributed by atoms with E-state index in [-0.39, 0.29) is 5.82 Å². The fourth-order valence-electron chi connectivity index (χ4n) is 2.83. The molecule has 1 saturated heterocycles. The number of halogens is 1. The van der Waals surface area contributed by atoms with Crippen LogP contribution in [-0.4, -0.2) is 25.7 Å². The van der Waals surface area contributed by atoms with Gasteiger partial charge in [-0.1, -0.05) is 0 Å². The van der Waals surface area contributed by atoms with Crippen LogP contribution in [-0.2, 0) is 0 Å². The van der Waals surface area contributed by atoms with E-state index in [1.807, 2.05) is 6.07 Å². The van der Waals surface area contributed by atoms with Gasteiger partial charge in [-0.3, -0.25) is 0 Å². The molecule has 0 aromatic heterocycles. The highest BCUT2D eigenvalue weighted by atomic mass is 19.1. The van der Waals surface area contributed by atoms with Gasteiger partial charge in [-0.2, -0.15) is 5.26 Å². The Balaban J connectivity index is 2.15. The summed E-state index contributed by atoms with van der Waals surface area (Å²) in [7, 11) is 0. The molecule has 0 saturated carbocycles. The molecular weight excluding hydrogens is 253 g/mol. The Bertz CT molecular complexity index is 690. The Morgan fingerprint density at radius 1 is 1.30 bits per heavy atom. The van der Waals surface area contributed by atoms with Crippen molar-refractivity contribution in [1.82, 2.24) is 5.32 Å². The molecule has 1 atom stereocenters. The fraction of sp³-hybridized carbons (Fsp3) is 0.312. The molecule has 1 fully saturated rings. The fourth-order valence-corrected chi connectivity index (χ4v) is 2.83. The second-order valence-electron chi connectivity index (χ2n) is 5.24. The minimum atomic E-state index is -0.306. The highest BCUT2D eigenvalue weighted by Crippen LogP contribution is 2.30. The Hall–Kier alpha value is -2.12. The lowest BCUT2D eigenvalue weighted by Crippen LogP contribution is -2.49. The Morgan fingerprint density at radius 2 is 2.15 bits per heavy atom. The summed E-state index contributed by atoms with van der Waals surface area (Å²) in [6.45, 7) is 4.92. The highest BCUT2D eigenvalue weighted by molar-refractivity contribution is 5.98. The molecule has 1 aliphatic rings. The lowest BCUT2D eigenvalue weighted by Gasteiger charge is -2.34. The van der Waals surface area contributed by atoms with Crippen LogP contribution in [0.3, 0.4) is 0 Å². The first-order valence-corrected chi connectivity index (χ1v) is 6.80. The van der Waals surface area contributed by atoms with Crippen molar-refractivity contribution in [2.45, 2.75) is 13.0 Å². The number of benzene rings is 2. The van der Waals surface area contributed by atoms with E-state index in [0.29, 0.717) is 17.0 Å². The molecule has 3 nitrogen and oxygen atoms in total. The van der Waals surface area contributed by atoms with Gasteiger partial charge in [0, 0.05) is 42.1 Å². The molecule has 2 aromatic carbocycles. The zero-order chi connectivity index (χ0) is 14.1. The number of nitriles is 1. The van der Waals surface area contributed by atoms with Crippen LogP contribution in [0.25, 0.3) is 10.8 Å². The maximum absolute atomic E-state index is 13.5. The first-order chi connectivity index (χ1) is 9.69. The summed E-state index contributed by atoms with van der Waals surface area (Å²) in [5.41, 5.74) is 1.60. The van der Waals surface area contributed by atoms with Gasteiger partial charge in [-0.15, -0.1) is 0 Å². The lowest BCUT2D eigenvalue weighted by molar-refractivity contribution is 0.485. The molecule has 1 heterocycles. The van der Waals surface area contributed by atoms with Crippen LogP contribution in [0.5, 0.6) is 0 Å². The van der Waals surface area contributed by atoms with E-state index in [0.717, 1.165) is 30.7 Å². The third-order valence-electron chi connectivity index (χ3n) is 3.79. The number of piperazine rings is 1. The Labute approximate surface area is 117 Å². The average molecular weight is 269 g/mol. The SMILES string of the molecule is C[C@@H]1CN(c2ccc(C#N)c3cc(F)ccc23)CCN1. The minimum Gasteiger partial charge on any atom is -0.368 e. The van der Waals surface area contributed by atoms with E-state index in [1.165, 1.54) is 12.1 Å². The van der Waals surface area contributed by atoms with Crippen LogP contribution >= 0.6 is 0 Å². The number of rotatable bonds is 1. The molecule has 0 aliphatic carbocycles. The summed E-state index contributed by atoms with van der Waals surface area (Å²) in [6.07, 6.45) is 0. The molecule has 1 N–H and O–H groups in total. The number of hydrogen-bond acceptors (Lipinski definition) is 3. The second kappa shape index (κ2) is 5.10. The van der Waals surface area contributed by atoms with Gasteiger partial charge in [0.25, 0.3) is 0 Å².